The van der Waals surface area contributed by atoms with Crippen LogP contribution in [0.15, 0.2) is 33.6 Å². The van der Waals surface area contributed by atoms with Crippen molar-refractivity contribution >= 4 is 62.5 Å². The first kappa shape index (κ1) is 27.1. The molecule has 0 aromatic heterocycles. The maximum atomic E-state index is 13.8. The summed E-state index contributed by atoms with van der Waals surface area (Å²) >= 11 is 3.87. The van der Waals surface area contributed by atoms with E-state index in [0.717, 1.165) is 6.07 Å². The number of anilines is 1. The Morgan fingerprint density at radius 3 is 2.50 bits per heavy atom. The van der Waals surface area contributed by atoms with E-state index in [-0.39, 0.29) is 23.0 Å². The molecule has 2 aromatic carbocycles. The van der Waals surface area contributed by atoms with E-state index in [1.807, 2.05) is 5.32 Å². The number of esters is 1. The quantitative estimate of drug-likeness (QED) is 0.279. The van der Waals surface area contributed by atoms with Crippen LogP contribution in [0.25, 0.3) is 6.08 Å². The summed E-state index contributed by atoms with van der Waals surface area (Å²) in [6.45, 7) is -1.15. The Kier molecular flexibility index (Phi) is 8.63. The van der Waals surface area contributed by atoms with Crippen LogP contribution in [-0.4, -0.2) is 55.3 Å². The number of benzene rings is 2. The van der Waals surface area contributed by atoms with Crippen LogP contribution < -0.4 is 14.8 Å². The minimum absolute atomic E-state index is 0.0298. The van der Waals surface area contributed by atoms with Gasteiger partial charge in [-0.15, -0.1) is 0 Å². The number of hydrogen-bond acceptors (Lipinski definition) is 8. The maximum Gasteiger partial charge on any atom is 0.343 e. The zero-order valence-electron chi connectivity index (χ0n) is 18.5. The molecule has 0 unspecified atom stereocenters. The lowest BCUT2D eigenvalue weighted by Gasteiger charge is -2.13. The highest BCUT2D eigenvalue weighted by molar-refractivity contribution is 9.10. The zero-order valence-corrected chi connectivity index (χ0v) is 20.9. The highest BCUT2D eigenvalue weighted by Gasteiger charge is 2.36. The number of nitrogens with one attached hydrogen (secondary N) is 1. The van der Waals surface area contributed by atoms with Crippen molar-refractivity contribution in [3.8, 4) is 11.5 Å². The average molecular weight is 589 g/mol. The fraction of sp³-hybridized carbons (Fsp3) is 0.182. The topological polar surface area (TPSA) is 111 Å². The minimum atomic E-state index is -1.77. The van der Waals surface area contributed by atoms with Gasteiger partial charge in [0.2, 0.25) is 5.91 Å². The van der Waals surface area contributed by atoms with Gasteiger partial charge in [-0.1, -0.05) is 15.9 Å². The second-order valence-electron chi connectivity index (χ2n) is 6.93. The molecule has 1 aliphatic rings. The zero-order chi connectivity index (χ0) is 26.6. The summed E-state index contributed by atoms with van der Waals surface area (Å²) in [4.78, 5) is 49.2. The Morgan fingerprint density at radius 2 is 1.83 bits per heavy atom. The first-order chi connectivity index (χ1) is 17.0. The van der Waals surface area contributed by atoms with E-state index in [0.29, 0.717) is 32.8 Å². The standard InChI is InChI=1S/C22H16BrF3N2O7S/c1-33-14-5-10(11(23)7-15(14)35-9-18(30)34-2)6-16-21(31)28(22(32)36-16)8-17(29)27-13-4-3-12(24)19(25)20(13)26/h3-7H,8-9H2,1-2H3,(H,27,29)/b16-6+. The predicted octanol–water partition coefficient (Wildman–Crippen LogP) is 4.10. The Hall–Kier alpha value is -3.52. The predicted molar refractivity (Wildman–Crippen MR) is 126 cm³/mol. The van der Waals surface area contributed by atoms with Crippen LogP contribution in [0.4, 0.5) is 23.7 Å². The number of nitrogens with zero attached hydrogens (tertiary/aromatic N) is 1. The summed E-state index contributed by atoms with van der Waals surface area (Å²) in [7, 11) is 2.57. The molecular weight excluding hydrogens is 573 g/mol. The summed E-state index contributed by atoms with van der Waals surface area (Å²) in [5, 5.41) is 1.23. The summed E-state index contributed by atoms with van der Waals surface area (Å²) in [6, 6.07) is 4.41. The summed E-state index contributed by atoms with van der Waals surface area (Å²) in [5.41, 5.74) is -0.233. The van der Waals surface area contributed by atoms with Crippen molar-refractivity contribution in [2.45, 2.75) is 0 Å². The molecule has 9 nitrogen and oxygen atoms in total. The number of halogens is 4. The van der Waals surface area contributed by atoms with Gasteiger partial charge in [0.15, 0.2) is 35.6 Å². The molecule has 1 heterocycles. The Bertz CT molecular complexity index is 1290. The molecule has 0 bridgehead atoms. The number of hydrogen-bond donors (Lipinski definition) is 1. The van der Waals surface area contributed by atoms with Gasteiger partial charge in [0, 0.05) is 4.47 Å². The van der Waals surface area contributed by atoms with Gasteiger partial charge in [-0.25, -0.2) is 18.0 Å². The number of thioether (sulfide) groups is 1. The second kappa shape index (κ2) is 11.5. The fourth-order valence-corrected chi connectivity index (χ4v) is 4.13. The monoisotopic (exact) mass is 588 g/mol. The van der Waals surface area contributed by atoms with Crippen LogP contribution in [0.5, 0.6) is 11.5 Å². The van der Waals surface area contributed by atoms with Gasteiger partial charge in [0.25, 0.3) is 11.1 Å². The van der Waals surface area contributed by atoms with Gasteiger partial charge < -0.3 is 19.5 Å². The number of amides is 3. The van der Waals surface area contributed by atoms with Crippen LogP contribution in [0.1, 0.15) is 5.56 Å². The van der Waals surface area contributed by atoms with Crippen molar-refractivity contribution in [3.63, 3.8) is 0 Å². The normalized spacial score (nSPS) is 14.3. The fourth-order valence-electron chi connectivity index (χ4n) is 2.86. The highest BCUT2D eigenvalue weighted by atomic mass is 79.9. The second-order valence-corrected chi connectivity index (χ2v) is 8.78. The largest absolute Gasteiger partial charge is 0.493 e. The number of imide groups is 1. The first-order valence-electron chi connectivity index (χ1n) is 9.81. The van der Waals surface area contributed by atoms with E-state index in [1.165, 1.54) is 32.4 Å². The van der Waals surface area contributed by atoms with Crippen LogP contribution in [0.2, 0.25) is 0 Å². The molecule has 3 amide bonds. The van der Waals surface area contributed by atoms with Crippen molar-refractivity contribution < 1.29 is 46.6 Å². The van der Waals surface area contributed by atoms with E-state index < -0.39 is 52.7 Å². The Labute approximate surface area is 214 Å². The molecular formula is C22H16BrF3N2O7S. The van der Waals surface area contributed by atoms with E-state index in [2.05, 4.69) is 20.7 Å². The summed E-state index contributed by atoms with van der Waals surface area (Å²) in [5.74, 6) is -6.81. The van der Waals surface area contributed by atoms with E-state index in [1.54, 1.807) is 0 Å². The van der Waals surface area contributed by atoms with Crippen LogP contribution >= 0.6 is 27.7 Å². The smallest absolute Gasteiger partial charge is 0.343 e. The van der Waals surface area contributed by atoms with E-state index in [4.69, 9.17) is 9.47 Å². The molecule has 0 saturated carbocycles. The third kappa shape index (κ3) is 5.99. The van der Waals surface area contributed by atoms with Crippen molar-refractivity contribution in [3.05, 3.63) is 56.7 Å². The molecule has 0 aliphatic carbocycles. The molecule has 3 rings (SSSR count). The SMILES string of the molecule is COC(=O)COc1cc(Br)c(/C=C2/SC(=O)N(CC(=O)Nc3ccc(F)c(F)c3F)C2=O)cc1OC. The maximum absolute atomic E-state index is 13.8. The third-order valence-electron chi connectivity index (χ3n) is 4.63. The van der Waals surface area contributed by atoms with Gasteiger partial charge >= 0.3 is 5.97 Å². The minimum Gasteiger partial charge on any atom is -0.493 e. The molecule has 0 spiro atoms. The lowest BCUT2D eigenvalue weighted by Crippen LogP contribution is -2.36. The van der Waals surface area contributed by atoms with E-state index >= 15 is 0 Å². The molecule has 0 radical (unpaired) electrons. The van der Waals surface area contributed by atoms with Crippen LogP contribution in [0.3, 0.4) is 0 Å². The molecule has 2 aromatic rings. The Morgan fingerprint density at radius 1 is 1.11 bits per heavy atom. The number of ether oxygens (including phenoxy) is 3. The third-order valence-corrected chi connectivity index (χ3v) is 6.22. The summed E-state index contributed by atoms with van der Waals surface area (Å²) < 4.78 is 55.8. The molecule has 1 N–H and O–H groups in total. The number of carbonyl (C=O) groups is 4. The number of methoxy groups -OCH3 is 2. The molecule has 1 saturated heterocycles. The average Bonchev–Trinajstić information content (AvgIpc) is 3.11. The van der Waals surface area contributed by atoms with Crippen LogP contribution in [-0.2, 0) is 19.1 Å². The Balaban J connectivity index is 1.76. The van der Waals surface area contributed by atoms with Gasteiger partial charge in [-0.3, -0.25) is 19.3 Å². The van der Waals surface area contributed by atoms with Crippen molar-refractivity contribution in [1.82, 2.24) is 4.90 Å². The summed E-state index contributed by atoms with van der Waals surface area (Å²) in [6.07, 6.45) is 1.37. The number of rotatable bonds is 8. The molecule has 0 atom stereocenters. The first-order valence-corrected chi connectivity index (χ1v) is 11.4. The van der Waals surface area contributed by atoms with Crippen LogP contribution in [0, 0.1) is 17.5 Å². The van der Waals surface area contributed by atoms with Crippen molar-refractivity contribution in [1.29, 1.82) is 0 Å². The molecule has 36 heavy (non-hydrogen) atoms. The molecule has 1 fully saturated rings. The van der Waals surface area contributed by atoms with Crippen molar-refractivity contribution in [2.75, 3.05) is 32.7 Å². The molecule has 14 heteroatoms. The molecule has 1 aliphatic heterocycles. The van der Waals surface area contributed by atoms with Crippen molar-refractivity contribution in [2.24, 2.45) is 0 Å². The highest BCUT2D eigenvalue weighted by Crippen LogP contribution is 2.38. The van der Waals surface area contributed by atoms with Gasteiger partial charge in [-0.05, 0) is 47.7 Å². The van der Waals surface area contributed by atoms with Gasteiger partial charge in [-0.2, -0.15) is 0 Å². The van der Waals surface area contributed by atoms with Gasteiger partial charge in [0.05, 0.1) is 24.8 Å². The van der Waals surface area contributed by atoms with Gasteiger partial charge in [0.1, 0.15) is 6.54 Å². The van der Waals surface area contributed by atoms with E-state index in [9.17, 15) is 32.3 Å². The molecule has 190 valence electrons. The lowest BCUT2D eigenvalue weighted by molar-refractivity contribution is -0.143. The number of carbonyl (C=O) groups excluding carboxylic acids is 4. The lowest BCUT2D eigenvalue weighted by atomic mass is 10.2.